The van der Waals surface area contributed by atoms with Crippen molar-refractivity contribution in [2.24, 2.45) is 5.92 Å². The number of anilines is 1. The SMILES string of the molecule is CCCC(C(=O)O)C(=O)Nc1ccc(Cl)cc1O. The van der Waals surface area contributed by atoms with E-state index in [1.54, 1.807) is 6.92 Å². The van der Waals surface area contributed by atoms with Gasteiger partial charge in [-0.25, -0.2) is 0 Å². The number of halogens is 1. The minimum Gasteiger partial charge on any atom is -0.506 e. The van der Waals surface area contributed by atoms with Crippen molar-refractivity contribution >= 4 is 29.2 Å². The molecular formula is C12H14ClNO4. The second-order valence-corrected chi connectivity index (χ2v) is 4.27. The van der Waals surface area contributed by atoms with Crippen molar-refractivity contribution in [2.75, 3.05) is 5.32 Å². The van der Waals surface area contributed by atoms with Gasteiger partial charge < -0.3 is 15.5 Å². The number of phenolic OH excluding ortho intramolecular Hbond substituents is 1. The van der Waals surface area contributed by atoms with E-state index in [2.05, 4.69) is 5.32 Å². The number of aliphatic carboxylic acids is 1. The number of carbonyl (C=O) groups is 2. The zero-order valence-corrected chi connectivity index (χ0v) is 10.6. The summed E-state index contributed by atoms with van der Waals surface area (Å²) in [6, 6.07) is 4.18. The highest BCUT2D eigenvalue weighted by Gasteiger charge is 2.25. The molecule has 1 amide bonds. The van der Waals surface area contributed by atoms with Gasteiger partial charge in [0.1, 0.15) is 11.7 Å². The minimum atomic E-state index is -1.18. The number of benzene rings is 1. The number of carboxylic acid groups (broad SMARTS) is 1. The molecule has 0 bridgehead atoms. The fourth-order valence-electron chi connectivity index (χ4n) is 1.49. The maximum absolute atomic E-state index is 11.7. The van der Waals surface area contributed by atoms with Gasteiger partial charge in [-0.05, 0) is 18.6 Å². The van der Waals surface area contributed by atoms with Crippen molar-refractivity contribution in [3.63, 3.8) is 0 Å². The van der Waals surface area contributed by atoms with Crippen LogP contribution < -0.4 is 5.32 Å². The second kappa shape index (κ2) is 6.26. The van der Waals surface area contributed by atoms with E-state index in [0.29, 0.717) is 11.4 Å². The van der Waals surface area contributed by atoms with Gasteiger partial charge in [0, 0.05) is 11.1 Å². The average molecular weight is 272 g/mol. The van der Waals surface area contributed by atoms with Gasteiger partial charge in [0.15, 0.2) is 0 Å². The Morgan fingerprint density at radius 3 is 2.61 bits per heavy atom. The van der Waals surface area contributed by atoms with E-state index in [4.69, 9.17) is 16.7 Å². The molecule has 0 aliphatic heterocycles. The molecule has 0 aliphatic carbocycles. The number of phenols is 1. The lowest BCUT2D eigenvalue weighted by molar-refractivity contribution is -0.145. The third-order valence-electron chi connectivity index (χ3n) is 2.41. The second-order valence-electron chi connectivity index (χ2n) is 3.83. The highest BCUT2D eigenvalue weighted by atomic mass is 35.5. The van der Waals surface area contributed by atoms with E-state index < -0.39 is 17.8 Å². The van der Waals surface area contributed by atoms with Crippen LogP contribution in [0.3, 0.4) is 0 Å². The van der Waals surface area contributed by atoms with E-state index in [0.717, 1.165) is 0 Å². The van der Waals surface area contributed by atoms with E-state index in [1.807, 2.05) is 0 Å². The topological polar surface area (TPSA) is 86.6 Å². The van der Waals surface area contributed by atoms with Gasteiger partial charge >= 0.3 is 5.97 Å². The normalized spacial score (nSPS) is 11.9. The molecule has 18 heavy (non-hydrogen) atoms. The predicted molar refractivity (Wildman–Crippen MR) is 67.8 cm³/mol. The fraction of sp³-hybridized carbons (Fsp3) is 0.333. The highest BCUT2D eigenvalue weighted by Crippen LogP contribution is 2.27. The summed E-state index contributed by atoms with van der Waals surface area (Å²) in [6.45, 7) is 1.79. The Morgan fingerprint density at radius 2 is 2.11 bits per heavy atom. The Kier molecular flexibility index (Phi) is 4.97. The number of carboxylic acids is 1. The maximum Gasteiger partial charge on any atom is 0.316 e. The van der Waals surface area contributed by atoms with Crippen molar-refractivity contribution in [1.29, 1.82) is 0 Å². The maximum atomic E-state index is 11.7. The number of aromatic hydroxyl groups is 1. The first kappa shape index (κ1) is 14.3. The molecule has 0 radical (unpaired) electrons. The van der Waals surface area contributed by atoms with Crippen LogP contribution in [-0.2, 0) is 9.59 Å². The molecule has 0 saturated heterocycles. The fourth-order valence-corrected chi connectivity index (χ4v) is 1.65. The van der Waals surface area contributed by atoms with Gasteiger partial charge in [0.25, 0.3) is 0 Å². The van der Waals surface area contributed by atoms with Crippen molar-refractivity contribution < 1.29 is 19.8 Å². The van der Waals surface area contributed by atoms with Crippen LogP contribution in [0, 0.1) is 5.92 Å². The van der Waals surface area contributed by atoms with E-state index in [9.17, 15) is 14.7 Å². The first-order valence-electron chi connectivity index (χ1n) is 5.48. The van der Waals surface area contributed by atoms with E-state index in [1.165, 1.54) is 18.2 Å². The molecule has 0 fully saturated rings. The lowest BCUT2D eigenvalue weighted by Gasteiger charge is -2.12. The quantitative estimate of drug-likeness (QED) is 0.567. The molecule has 5 nitrogen and oxygen atoms in total. The summed E-state index contributed by atoms with van der Waals surface area (Å²) in [5.41, 5.74) is 0.145. The first-order chi connectivity index (χ1) is 8.45. The summed E-state index contributed by atoms with van der Waals surface area (Å²) in [7, 11) is 0. The molecule has 0 saturated carbocycles. The molecule has 1 rings (SSSR count). The van der Waals surface area contributed by atoms with Crippen LogP contribution in [0.25, 0.3) is 0 Å². The van der Waals surface area contributed by atoms with Crippen molar-refractivity contribution in [2.45, 2.75) is 19.8 Å². The third kappa shape index (κ3) is 3.63. The van der Waals surface area contributed by atoms with Gasteiger partial charge in [-0.1, -0.05) is 24.9 Å². The molecule has 1 aromatic carbocycles. The Morgan fingerprint density at radius 1 is 1.44 bits per heavy atom. The van der Waals surface area contributed by atoms with Crippen LogP contribution in [-0.4, -0.2) is 22.1 Å². The van der Waals surface area contributed by atoms with Crippen LogP contribution in [0.5, 0.6) is 5.75 Å². The molecule has 0 aromatic heterocycles. The molecule has 0 spiro atoms. The Hall–Kier alpha value is -1.75. The lowest BCUT2D eigenvalue weighted by Crippen LogP contribution is -2.29. The third-order valence-corrected chi connectivity index (χ3v) is 2.64. The zero-order chi connectivity index (χ0) is 13.7. The van der Waals surface area contributed by atoms with Crippen LogP contribution in [0.4, 0.5) is 5.69 Å². The van der Waals surface area contributed by atoms with Crippen molar-refractivity contribution in [1.82, 2.24) is 0 Å². The zero-order valence-electron chi connectivity index (χ0n) is 9.81. The average Bonchev–Trinajstić information content (AvgIpc) is 2.29. The highest BCUT2D eigenvalue weighted by molar-refractivity contribution is 6.30. The number of hydrogen-bond donors (Lipinski definition) is 3. The standard InChI is InChI=1S/C12H14ClNO4/c1-2-3-8(12(17)18)11(16)14-9-5-4-7(13)6-10(9)15/h4-6,8,15H,2-3H2,1H3,(H,14,16)(H,17,18). The number of hydrogen-bond acceptors (Lipinski definition) is 3. The molecule has 98 valence electrons. The molecule has 0 aliphatic rings. The van der Waals surface area contributed by atoms with E-state index >= 15 is 0 Å². The van der Waals surface area contributed by atoms with Crippen LogP contribution in [0.15, 0.2) is 18.2 Å². The van der Waals surface area contributed by atoms with Crippen LogP contribution in [0.1, 0.15) is 19.8 Å². The summed E-state index contributed by atoms with van der Waals surface area (Å²) in [5.74, 6) is -3.15. The van der Waals surface area contributed by atoms with Crippen molar-refractivity contribution in [3.05, 3.63) is 23.2 Å². The summed E-state index contributed by atoms with van der Waals surface area (Å²) in [6.07, 6.45) is 0.826. The molecule has 1 atom stereocenters. The number of carbonyl (C=O) groups excluding carboxylic acids is 1. The monoisotopic (exact) mass is 271 g/mol. The first-order valence-corrected chi connectivity index (χ1v) is 5.85. The van der Waals surface area contributed by atoms with Crippen LogP contribution >= 0.6 is 11.6 Å². The Labute approximate surface area is 109 Å². The van der Waals surface area contributed by atoms with Gasteiger partial charge in [0.2, 0.25) is 5.91 Å². The van der Waals surface area contributed by atoms with E-state index in [-0.39, 0.29) is 17.9 Å². The summed E-state index contributed by atoms with van der Waals surface area (Å²) >= 11 is 5.65. The molecule has 3 N–H and O–H groups in total. The van der Waals surface area contributed by atoms with Gasteiger partial charge in [-0.2, -0.15) is 0 Å². The number of amides is 1. The predicted octanol–water partition coefficient (Wildman–Crippen LogP) is 2.48. The van der Waals surface area contributed by atoms with Gasteiger partial charge in [-0.3, -0.25) is 9.59 Å². The molecule has 6 heteroatoms. The summed E-state index contributed by atoms with van der Waals surface area (Å²) < 4.78 is 0. The number of rotatable bonds is 5. The smallest absolute Gasteiger partial charge is 0.316 e. The molecule has 1 unspecified atom stereocenters. The molecule has 0 heterocycles. The summed E-state index contributed by atoms with van der Waals surface area (Å²) in [4.78, 5) is 22.7. The lowest BCUT2D eigenvalue weighted by atomic mass is 10.0. The minimum absolute atomic E-state index is 0.145. The molecule has 1 aromatic rings. The van der Waals surface area contributed by atoms with Gasteiger partial charge in [-0.15, -0.1) is 0 Å². The number of nitrogens with one attached hydrogen (secondary N) is 1. The Bertz CT molecular complexity index is 461. The largest absolute Gasteiger partial charge is 0.506 e. The Balaban J connectivity index is 2.82. The van der Waals surface area contributed by atoms with Crippen LogP contribution in [0.2, 0.25) is 5.02 Å². The van der Waals surface area contributed by atoms with Crippen molar-refractivity contribution in [3.8, 4) is 5.75 Å². The molecular weight excluding hydrogens is 258 g/mol. The summed E-state index contributed by atoms with van der Waals surface area (Å²) in [5, 5.41) is 21.2. The van der Waals surface area contributed by atoms with Gasteiger partial charge in [0.05, 0.1) is 5.69 Å².